The molecule has 1 heterocycles. The molecule has 108 valence electrons. The van der Waals surface area contributed by atoms with Crippen LogP contribution in [-0.4, -0.2) is 41.3 Å². The minimum atomic E-state index is -1.14. The number of aliphatic hydroxyl groups excluding tert-OH is 1. The number of aliphatic carboxylic acids is 1. The van der Waals surface area contributed by atoms with E-state index in [0.717, 1.165) is 17.5 Å². The lowest BCUT2D eigenvalue weighted by Gasteiger charge is -2.27. The first-order valence-electron chi connectivity index (χ1n) is 6.58. The molecule has 6 nitrogen and oxygen atoms in total. The van der Waals surface area contributed by atoms with Crippen LogP contribution in [0.2, 0.25) is 0 Å². The van der Waals surface area contributed by atoms with Gasteiger partial charge in [-0.1, -0.05) is 24.3 Å². The maximum absolute atomic E-state index is 12.2. The summed E-state index contributed by atoms with van der Waals surface area (Å²) in [7, 11) is 0. The molecule has 20 heavy (non-hydrogen) atoms. The Bertz CT molecular complexity index is 504. The quantitative estimate of drug-likeness (QED) is 0.599. The number of rotatable bonds is 5. The first kappa shape index (κ1) is 14.5. The van der Waals surface area contributed by atoms with Gasteiger partial charge < -0.3 is 20.8 Å². The lowest BCUT2D eigenvalue weighted by Crippen LogP contribution is -2.48. The fourth-order valence-corrected chi connectivity index (χ4v) is 2.38. The second-order valence-electron chi connectivity index (χ2n) is 4.75. The van der Waals surface area contributed by atoms with E-state index in [9.17, 15) is 9.59 Å². The second kappa shape index (κ2) is 6.49. The van der Waals surface area contributed by atoms with Gasteiger partial charge in [-0.05, 0) is 17.5 Å². The Morgan fingerprint density at radius 3 is 2.85 bits per heavy atom. The number of carbonyl (C=O) groups is 2. The third-order valence-electron chi connectivity index (χ3n) is 3.40. The van der Waals surface area contributed by atoms with Gasteiger partial charge in [0.15, 0.2) is 0 Å². The molecule has 1 aliphatic rings. The molecule has 1 aliphatic heterocycles. The molecule has 0 spiro atoms. The van der Waals surface area contributed by atoms with Gasteiger partial charge in [0.05, 0.1) is 0 Å². The number of carboxylic acids is 1. The molecule has 6 heteroatoms. The van der Waals surface area contributed by atoms with E-state index in [1.54, 1.807) is 0 Å². The van der Waals surface area contributed by atoms with Crippen molar-refractivity contribution < 1.29 is 19.8 Å². The molecule has 1 amide bonds. The van der Waals surface area contributed by atoms with Crippen LogP contribution in [0.1, 0.15) is 23.6 Å². The molecule has 1 aromatic rings. The highest BCUT2D eigenvalue weighted by molar-refractivity contribution is 5.88. The van der Waals surface area contributed by atoms with E-state index >= 15 is 0 Å². The number of carbonyl (C=O) groups excluding carboxylic acids is 1. The number of hydrogen-bond acceptors (Lipinski definition) is 4. The van der Waals surface area contributed by atoms with Crippen molar-refractivity contribution in [3.05, 3.63) is 35.4 Å². The van der Waals surface area contributed by atoms with Crippen molar-refractivity contribution in [3.63, 3.8) is 0 Å². The van der Waals surface area contributed by atoms with Crippen LogP contribution in [-0.2, 0) is 16.0 Å². The summed E-state index contributed by atoms with van der Waals surface area (Å²) < 4.78 is 0. The second-order valence-corrected chi connectivity index (χ2v) is 4.75. The summed E-state index contributed by atoms with van der Waals surface area (Å²) in [5.41, 5.74) is 1.98. The van der Waals surface area contributed by atoms with Crippen molar-refractivity contribution in [3.8, 4) is 0 Å². The van der Waals surface area contributed by atoms with Gasteiger partial charge in [-0.3, -0.25) is 4.79 Å². The molecular formula is C14H18N2O4. The summed E-state index contributed by atoms with van der Waals surface area (Å²) in [4.78, 5) is 23.2. The van der Waals surface area contributed by atoms with Crippen LogP contribution in [0.5, 0.6) is 0 Å². The van der Waals surface area contributed by atoms with Crippen LogP contribution in [0.4, 0.5) is 0 Å². The topological polar surface area (TPSA) is 98.7 Å². The van der Waals surface area contributed by atoms with Crippen molar-refractivity contribution in [2.45, 2.75) is 24.9 Å². The van der Waals surface area contributed by atoms with E-state index < -0.39 is 18.1 Å². The normalized spacial score (nSPS) is 18.9. The van der Waals surface area contributed by atoms with Gasteiger partial charge in [0.2, 0.25) is 5.91 Å². The van der Waals surface area contributed by atoms with E-state index in [2.05, 4.69) is 10.6 Å². The molecule has 0 radical (unpaired) electrons. The van der Waals surface area contributed by atoms with Crippen molar-refractivity contribution in [1.82, 2.24) is 10.6 Å². The standard InChI is InChI=1S/C14H18N2O4/c17-8-6-11(14(19)20)16-13(18)12-10-4-2-1-3-9(10)5-7-15-12/h1-4,11-12,15,17H,5-8H2,(H,16,18)(H,19,20)/t11-,12?/m0/s1. The van der Waals surface area contributed by atoms with Gasteiger partial charge in [0.1, 0.15) is 12.1 Å². The molecule has 0 fully saturated rings. The van der Waals surface area contributed by atoms with Gasteiger partial charge in [0.25, 0.3) is 0 Å². The zero-order valence-corrected chi connectivity index (χ0v) is 11.0. The van der Waals surface area contributed by atoms with E-state index in [1.165, 1.54) is 0 Å². The van der Waals surface area contributed by atoms with Gasteiger partial charge in [-0.15, -0.1) is 0 Å². The molecule has 0 aliphatic carbocycles. The molecule has 1 aromatic carbocycles. The van der Waals surface area contributed by atoms with Crippen molar-refractivity contribution in [2.75, 3.05) is 13.2 Å². The Balaban J connectivity index is 2.12. The fourth-order valence-electron chi connectivity index (χ4n) is 2.38. The molecule has 1 unspecified atom stereocenters. The Morgan fingerprint density at radius 1 is 1.40 bits per heavy atom. The third-order valence-corrected chi connectivity index (χ3v) is 3.40. The predicted molar refractivity (Wildman–Crippen MR) is 72.2 cm³/mol. The Morgan fingerprint density at radius 2 is 2.15 bits per heavy atom. The molecule has 0 aromatic heterocycles. The largest absolute Gasteiger partial charge is 0.480 e. The van der Waals surface area contributed by atoms with Crippen molar-refractivity contribution in [1.29, 1.82) is 0 Å². The Hall–Kier alpha value is -1.92. The zero-order chi connectivity index (χ0) is 14.5. The highest BCUT2D eigenvalue weighted by atomic mass is 16.4. The average Bonchev–Trinajstić information content (AvgIpc) is 2.46. The van der Waals surface area contributed by atoms with Crippen molar-refractivity contribution >= 4 is 11.9 Å². The number of amides is 1. The average molecular weight is 278 g/mol. The number of nitrogens with one attached hydrogen (secondary N) is 2. The van der Waals surface area contributed by atoms with Gasteiger partial charge in [-0.2, -0.15) is 0 Å². The lowest BCUT2D eigenvalue weighted by atomic mass is 9.93. The van der Waals surface area contributed by atoms with Crippen LogP contribution in [0.3, 0.4) is 0 Å². The molecular weight excluding hydrogens is 260 g/mol. The van der Waals surface area contributed by atoms with Crippen LogP contribution in [0, 0.1) is 0 Å². The van der Waals surface area contributed by atoms with Gasteiger partial charge in [-0.25, -0.2) is 4.79 Å². The van der Waals surface area contributed by atoms with E-state index in [4.69, 9.17) is 10.2 Å². The summed E-state index contributed by atoms with van der Waals surface area (Å²) in [5, 5.41) is 23.4. The highest BCUT2D eigenvalue weighted by Crippen LogP contribution is 2.22. The van der Waals surface area contributed by atoms with Gasteiger partial charge >= 0.3 is 5.97 Å². The number of fused-ring (bicyclic) bond motifs is 1. The number of aliphatic hydroxyl groups is 1. The summed E-state index contributed by atoms with van der Waals surface area (Å²) in [6.07, 6.45) is 0.842. The number of carboxylic acid groups (broad SMARTS) is 1. The maximum Gasteiger partial charge on any atom is 0.326 e. The number of hydrogen-bond donors (Lipinski definition) is 4. The third kappa shape index (κ3) is 3.15. The smallest absolute Gasteiger partial charge is 0.326 e. The predicted octanol–water partition coefficient (Wildman–Crippen LogP) is -0.175. The summed E-state index contributed by atoms with van der Waals surface area (Å²) in [5.74, 6) is -1.52. The zero-order valence-electron chi connectivity index (χ0n) is 11.0. The van der Waals surface area contributed by atoms with Crippen LogP contribution in [0.15, 0.2) is 24.3 Å². The van der Waals surface area contributed by atoms with Crippen LogP contribution < -0.4 is 10.6 Å². The summed E-state index contributed by atoms with van der Waals surface area (Å²) in [6.45, 7) is 0.388. The fraction of sp³-hybridized carbons (Fsp3) is 0.429. The highest BCUT2D eigenvalue weighted by Gasteiger charge is 2.29. The van der Waals surface area contributed by atoms with Crippen LogP contribution >= 0.6 is 0 Å². The summed E-state index contributed by atoms with van der Waals surface area (Å²) >= 11 is 0. The molecule has 0 saturated carbocycles. The van der Waals surface area contributed by atoms with Crippen molar-refractivity contribution in [2.24, 2.45) is 0 Å². The Kier molecular flexibility index (Phi) is 4.70. The van der Waals surface area contributed by atoms with Crippen LogP contribution in [0.25, 0.3) is 0 Å². The van der Waals surface area contributed by atoms with E-state index in [0.29, 0.717) is 6.54 Å². The number of benzene rings is 1. The molecule has 0 saturated heterocycles. The van der Waals surface area contributed by atoms with Gasteiger partial charge in [0, 0.05) is 19.6 Å². The first-order valence-corrected chi connectivity index (χ1v) is 6.58. The molecule has 4 N–H and O–H groups in total. The first-order chi connectivity index (χ1) is 9.63. The lowest BCUT2D eigenvalue weighted by molar-refractivity contribution is -0.142. The minimum absolute atomic E-state index is 0.00452. The Labute approximate surface area is 116 Å². The molecule has 0 bridgehead atoms. The SMILES string of the molecule is O=C(N[C@@H](CCO)C(=O)O)C1NCCc2ccccc21. The van der Waals surface area contributed by atoms with E-state index in [1.807, 2.05) is 24.3 Å². The van der Waals surface area contributed by atoms with E-state index in [-0.39, 0.29) is 18.9 Å². The molecule has 2 atom stereocenters. The summed E-state index contributed by atoms with van der Waals surface area (Å²) in [6, 6.07) is 6.01. The monoisotopic (exact) mass is 278 g/mol. The minimum Gasteiger partial charge on any atom is -0.480 e. The molecule has 2 rings (SSSR count). The maximum atomic E-state index is 12.2.